The molecule has 0 radical (unpaired) electrons. The molecule has 1 aliphatic rings. The molecular formula is C24H32F3N5O5S. The number of anilines is 1. The lowest BCUT2D eigenvalue weighted by Gasteiger charge is -2.34. The van der Waals surface area contributed by atoms with Crippen molar-refractivity contribution in [1.29, 1.82) is 0 Å². The van der Waals surface area contributed by atoms with Gasteiger partial charge in [0.2, 0.25) is 15.9 Å². The summed E-state index contributed by atoms with van der Waals surface area (Å²) in [5, 5.41) is 2.76. The summed E-state index contributed by atoms with van der Waals surface area (Å²) in [5.74, 6) is -0.0379. The van der Waals surface area contributed by atoms with Gasteiger partial charge in [0.15, 0.2) is 0 Å². The second-order valence-electron chi connectivity index (χ2n) is 8.48. The maximum Gasteiger partial charge on any atom is 0.416 e. The molecule has 10 nitrogen and oxygen atoms in total. The summed E-state index contributed by atoms with van der Waals surface area (Å²) in [6.45, 7) is 2.83. The average molecular weight is 560 g/mol. The van der Waals surface area contributed by atoms with Gasteiger partial charge >= 0.3 is 6.18 Å². The Labute approximate surface area is 220 Å². The van der Waals surface area contributed by atoms with Crippen molar-refractivity contribution in [3.05, 3.63) is 53.7 Å². The predicted octanol–water partition coefficient (Wildman–Crippen LogP) is 1.61. The Hall–Kier alpha value is -2.78. The van der Waals surface area contributed by atoms with Crippen LogP contribution in [0.5, 0.6) is 0 Å². The first kappa shape index (κ1) is 29.8. The lowest BCUT2D eigenvalue weighted by Crippen LogP contribution is -2.49. The standard InChI is InChI=1S/C24H32F3N5O5S/c25-24(26,27)20-5-8-29-22(17-20)31-9-11-32(12-10-31)38(34,35)21-3-1-19(2-4-21)18-30-23(33)6-13-36-15-16-37-14-7-28/h1-5,8,17H,6-7,9-16,18,28H2,(H,30,33). The van der Waals surface area contributed by atoms with Crippen molar-refractivity contribution in [2.45, 2.75) is 24.0 Å². The number of pyridine rings is 1. The maximum atomic E-state index is 13.1. The van der Waals surface area contributed by atoms with Crippen LogP contribution in [0.15, 0.2) is 47.5 Å². The fraction of sp³-hybridized carbons (Fsp3) is 0.500. The minimum atomic E-state index is -4.48. The average Bonchev–Trinajstić information content (AvgIpc) is 2.91. The summed E-state index contributed by atoms with van der Waals surface area (Å²) in [5.41, 5.74) is 5.24. The van der Waals surface area contributed by atoms with E-state index in [2.05, 4.69) is 10.3 Å². The molecule has 0 bridgehead atoms. The molecule has 210 valence electrons. The van der Waals surface area contributed by atoms with Gasteiger partial charge < -0.3 is 25.4 Å². The van der Waals surface area contributed by atoms with Gasteiger partial charge in [-0.3, -0.25) is 4.79 Å². The highest BCUT2D eigenvalue weighted by Crippen LogP contribution is 2.31. The molecule has 0 saturated carbocycles. The van der Waals surface area contributed by atoms with Crippen LogP contribution in [-0.4, -0.2) is 82.8 Å². The van der Waals surface area contributed by atoms with Gasteiger partial charge in [0.1, 0.15) is 5.82 Å². The second-order valence-corrected chi connectivity index (χ2v) is 10.4. The number of sulfonamides is 1. The molecule has 2 aromatic rings. The summed E-state index contributed by atoms with van der Waals surface area (Å²) in [6.07, 6.45) is -3.20. The highest BCUT2D eigenvalue weighted by atomic mass is 32.2. The molecule has 1 aliphatic heterocycles. The van der Waals surface area contributed by atoms with E-state index in [9.17, 15) is 26.4 Å². The highest BCUT2D eigenvalue weighted by molar-refractivity contribution is 7.89. The number of amides is 1. The van der Waals surface area contributed by atoms with Crippen LogP contribution in [-0.2, 0) is 37.0 Å². The number of halogens is 3. The fourth-order valence-corrected chi connectivity index (χ4v) is 5.13. The normalized spacial score (nSPS) is 15.0. The number of nitrogens with zero attached hydrogens (tertiary/aromatic N) is 3. The van der Waals surface area contributed by atoms with Gasteiger partial charge in [-0.2, -0.15) is 17.5 Å². The van der Waals surface area contributed by atoms with Gasteiger partial charge in [0, 0.05) is 51.9 Å². The third-order valence-electron chi connectivity index (χ3n) is 5.79. The molecule has 3 N–H and O–H groups in total. The Morgan fingerprint density at radius 2 is 1.66 bits per heavy atom. The third kappa shape index (κ3) is 8.63. The number of carbonyl (C=O) groups is 1. The number of nitrogens with one attached hydrogen (secondary N) is 1. The van der Waals surface area contributed by atoms with Crippen molar-refractivity contribution >= 4 is 21.7 Å². The van der Waals surface area contributed by atoms with E-state index in [0.29, 0.717) is 26.4 Å². The maximum absolute atomic E-state index is 13.1. The number of ether oxygens (including phenoxy) is 2. The third-order valence-corrected chi connectivity index (χ3v) is 7.71. The molecule has 1 fully saturated rings. The summed E-state index contributed by atoms with van der Waals surface area (Å²) >= 11 is 0. The molecule has 1 amide bonds. The number of aromatic nitrogens is 1. The number of hydrogen-bond donors (Lipinski definition) is 2. The smallest absolute Gasteiger partial charge is 0.379 e. The number of rotatable bonds is 13. The zero-order valence-corrected chi connectivity index (χ0v) is 21.6. The lowest BCUT2D eigenvalue weighted by atomic mass is 10.2. The largest absolute Gasteiger partial charge is 0.416 e. The second kappa shape index (κ2) is 13.8. The first-order valence-electron chi connectivity index (χ1n) is 12.1. The van der Waals surface area contributed by atoms with Crippen LogP contribution in [0.3, 0.4) is 0 Å². The van der Waals surface area contributed by atoms with E-state index in [4.69, 9.17) is 15.2 Å². The molecule has 3 rings (SSSR count). The van der Waals surface area contributed by atoms with Crippen molar-refractivity contribution in [3.63, 3.8) is 0 Å². The highest BCUT2D eigenvalue weighted by Gasteiger charge is 2.33. The summed E-state index contributed by atoms with van der Waals surface area (Å²) in [7, 11) is -3.79. The van der Waals surface area contributed by atoms with Crippen LogP contribution >= 0.6 is 0 Å². The summed E-state index contributed by atoms with van der Waals surface area (Å²) < 4.78 is 76.9. The van der Waals surface area contributed by atoms with Gasteiger partial charge in [-0.1, -0.05) is 12.1 Å². The summed E-state index contributed by atoms with van der Waals surface area (Å²) in [4.78, 5) is 17.7. The number of benzene rings is 1. The number of hydrogen-bond acceptors (Lipinski definition) is 8. The SMILES string of the molecule is NCCOCCOCCC(=O)NCc1ccc(S(=O)(=O)N2CCN(c3cc(C(F)(F)F)ccn3)CC2)cc1. The van der Waals surface area contributed by atoms with E-state index in [-0.39, 0.29) is 62.4 Å². The number of alkyl halides is 3. The van der Waals surface area contributed by atoms with Crippen molar-refractivity contribution in [3.8, 4) is 0 Å². The lowest BCUT2D eigenvalue weighted by molar-refractivity contribution is -0.137. The van der Waals surface area contributed by atoms with Gasteiger partial charge in [0.25, 0.3) is 0 Å². The van der Waals surface area contributed by atoms with E-state index in [0.717, 1.165) is 23.9 Å². The van der Waals surface area contributed by atoms with Crippen LogP contribution in [0.1, 0.15) is 17.5 Å². The molecule has 38 heavy (non-hydrogen) atoms. The van der Waals surface area contributed by atoms with Gasteiger partial charge in [0.05, 0.1) is 36.9 Å². The Bertz CT molecular complexity index is 1140. The monoisotopic (exact) mass is 559 g/mol. The van der Waals surface area contributed by atoms with Crippen LogP contribution in [0, 0.1) is 0 Å². The number of nitrogens with two attached hydrogens (primary N) is 1. The molecule has 2 heterocycles. The number of carbonyl (C=O) groups excluding carboxylic acids is 1. The van der Waals surface area contributed by atoms with Gasteiger partial charge in [-0.15, -0.1) is 0 Å². The first-order chi connectivity index (χ1) is 18.1. The first-order valence-corrected chi connectivity index (χ1v) is 13.5. The van der Waals surface area contributed by atoms with Crippen molar-refractivity contribution < 1.29 is 35.9 Å². The van der Waals surface area contributed by atoms with Crippen molar-refractivity contribution in [2.75, 3.05) is 64.1 Å². The van der Waals surface area contributed by atoms with E-state index < -0.39 is 21.8 Å². The van der Waals surface area contributed by atoms with E-state index >= 15 is 0 Å². The van der Waals surface area contributed by atoms with Crippen molar-refractivity contribution in [1.82, 2.24) is 14.6 Å². The Morgan fingerprint density at radius 3 is 2.29 bits per heavy atom. The van der Waals surface area contributed by atoms with E-state index in [1.165, 1.54) is 16.4 Å². The van der Waals surface area contributed by atoms with Crippen LogP contribution in [0.25, 0.3) is 0 Å². The van der Waals surface area contributed by atoms with Crippen molar-refractivity contribution in [2.24, 2.45) is 5.73 Å². The fourth-order valence-electron chi connectivity index (χ4n) is 3.71. The number of piperazine rings is 1. The molecule has 1 aromatic heterocycles. The summed E-state index contributed by atoms with van der Waals surface area (Å²) in [6, 6.07) is 8.07. The van der Waals surface area contributed by atoms with E-state index in [1.54, 1.807) is 17.0 Å². The zero-order valence-electron chi connectivity index (χ0n) is 20.8. The van der Waals surface area contributed by atoms with Crippen LogP contribution < -0.4 is 16.0 Å². The predicted molar refractivity (Wildman–Crippen MR) is 134 cm³/mol. The van der Waals surface area contributed by atoms with Crippen LogP contribution in [0.4, 0.5) is 19.0 Å². The Balaban J connectivity index is 1.45. The molecule has 1 aromatic carbocycles. The van der Waals surface area contributed by atoms with Crippen LogP contribution in [0.2, 0.25) is 0 Å². The minimum absolute atomic E-state index is 0.100. The molecule has 0 spiro atoms. The molecule has 1 saturated heterocycles. The zero-order chi connectivity index (χ0) is 27.6. The molecule has 0 atom stereocenters. The minimum Gasteiger partial charge on any atom is -0.379 e. The molecular weight excluding hydrogens is 527 g/mol. The Kier molecular flexibility index (Phi) is 10.8. The topological polar surface area (TPSA) is 127 Å². The van der Waals surface area contributed by atoms with Gasteiger partial charge in [-0.05, 0) is 29.8 Å². The van der Waals surface area contributed by atoms with E-state index in [1.807, 2.05) is 0 Å². The quantitative estimate of drug-likeness (QED) is 0.355. The molecule has 0 aliphatic carbocycles. The molecule has 14 heteroatoms. The molecule has 0 unspecified atom stereocenters. The van der Waals surface area contributed by atoms with Gasteiger partial charge in [-0.25, -0.2) is 13.4 Å². The Morgan fingerprint density at radius 1 is 1.00 bits per heavy atom.